The maximum Gasteiger partial charge on any atom is 0.309 e. The molecule has 1 rings (SSSR count). The van der Waals surface area contributed by atoms with E-state index >= 15 is 0 Å². The van der Waals surface area contributed by atoms with E-state index in [0.29, 0.717) is 0 Å². The molecule has 0 N–H and O–H groups in total. The van der Waals surface area contributed by atoms with Crippen LogP contribution >= 0.6 is 11.3 Å². The summed E-state index contributed by atoms with van der Waals surface area (Å²) < 4.78 is 1.09. The summed E-state index contributed by atoms with van der Waals surface area (Å²) in [6.45, 7) is 1.74. The van der Waals surface area contributed by atoms with E-state index in [1.54, 1.807) is 6.92 Å². The molecule has 0 aliphatic heterocycles. The zero-order valence-electron chi connectivity index (χ0n) is 5.75. The molecular weight excluding hydrogens is 150 g/mol. The number of hydrogen-bond donors (Lipinski definition) is 0. The largest absolute Gasteiger partial charge is 0.309 e. The van der Waals surface area contributed by atoms with Gasteiger partial charge in [0.05, 0.1) is 0 Å². The van der Waals surface area contributed by atoms with Gasteiger partial charge in [0.1, 0.15) is 0 Å². The smallest absolute Gasteiger partial charge is 0.270 e. The molecule has 0 bridgehead atoms. The molecule has 10 heavy (non-hydrogen) atoms. The van der Waals surface area contributed by atoms with Crippen molar-refractivity contribution in [3.8, 4) is 0 Å². The fourth-order valence-corrected chi connectivity index (χ4v) is 1.26. The predicted molar refractivity (Wildman–Crippen MR) is 40.6 cm³/mol. The van der Waals surface area contributed by atoms with Gasteiger partial charge in [-0.3, -0.25) is 14.2 Å². The average molecular weight is 157 g/mol. The van der Waals surface area contributed by atoms with Crippen LogP contribution in [0.5, 0.6) is 0 Å². The molecule has 0 saturated heterocycles. The van der Waals surface area contributed by atoms with Crippen molar-refractivity contribution in [1.29, 1.82) is 0 Å². The summed E-state index contributed by atoms with van der Waals surface area (Å²) in [7, 11) is 1.47. The van der Waals surface area contributed by atoms with E-state index in [4.69, 9.17) is 0 Å². The lowest BCUT2D eigenvalue weighted by molar-refractivity contribution is 0.841. The maximum absolute atomic E-state index is 10.8. The van der Waals surface area contributed by atoms with Crippen LogP contribution in [-0.4, -0.2) is 4.57 Å². The minimum Gasteiger partial charge on any atom is -0.270 e. The van der Waals surface area contributed by atoms with Crippen LogP contribution in [-0.2, 0) is 7.05 Å². The van der Waals surface area contributed by atoms with Crippen molar-refractivity contribution >= 4 is 11.3 Å². The minimum atomic E-state index is -0.235. The first-order valence-electron chi connectivity index (χ1n) is 2.79. The third-order valence-corrected chi connectivity index (χ3v) is 2.07. The van der Waals surface area contributed by atoms with Gasteiger partial charge < -0.3 is 0 Å². The molecular formula is C6H7NO2S. The van der Waals surface area contributed by atoms with E-state index in [-0.39, 0.29) is 10.4 Å². The first-order valence-corrected chi connectivity index (χ1v) is 3.60. The van der Waals surface area contributed by atoms with E-state index in [2.05, 4.69) is 0 Å². The molecule has 54 valence electrons. The van der Waals surface area contributed by atoms with Crippen LogP contribution < -0.4 is 10.4 Å². The summed E-state index contributed by atoms with van der Waals surface area (Å²) in [5.41, 5.74) is -0.235. The lowest BCUT2D eigenvalue weighted by Gasteiger charge is -1.92. The van der Waals surface area contributed by atoms with Gasteiger partial charge in [-0.2, -0.15) is 0 Å². The van der Waals surface area contributed by atoms with Gasteiger partial charge >= 0.3 is 4.87 Å². The Bertz CT molecular complexity index is 318. The third kappa shape index (κ3) is 1.16. The van der Waals surface area contributed by atoms with E-state index in [9.17, 15) is 9.59 Å². The summed E-state index contributed by atoms with van der Waals surface area (Å²) in [6, 6.07) is 1.45. The average Bonchev–Trinajstić information content (AvgIpc) is 1.82. The van der Waals surface area contributed by atoms with Crippen LogP contribution in [0.4, 0.5) is 0 Å². The standard InChI is InChI=1S/C6H7NO2S/c1-4-3-5(8)7(2)6(9)10-4/h3H,1-2H3. The Kier molecular flexibility index (Phi) is 1.72. The quantitative estimate of drug-likeness (QED) is 0.536. The third-order valence-electron chi connectivity index (χ3n) is 1.18. The van der Waals surface area contributed by atoms with Crippen LogP contribution in [0.2, 0.25) is 0 Å². The van der Waals surface area contributed by atoms with E-state index in [1.807, 2.05) is 0 Å². The van der Waals surface area contributed by atoms with Crippen molar-refractivity contribution in [2.45, 2.75) is 6.92 Å². The van der Waals surface area contributed by atoms with Gasteiger partial charge in [0.2, 0.25) is 0 Å². The molecule has 1 aromatic heterocycles. The molecule has 1 heterocycles. The number of aryl methyl sites for hydroxylation is 1. The molecule has 0 amide bonds. The molecule has 0 fully saturated rings. The van der Waals surface area contributed by atoms with Gasteiger partial charge in [-0.15, -0.1) is 0 Å². The molecule has 3 nitrogen and oxygen atoms in total. The Labute approximate surface area is 61.6 Å². The zero-order valence-corrected chi connectivity index (χ0v) is 6.57. The van der Waals surface area contributed by atoms with Crippen molar-refractivity contribution in [3.05, 3.63) is 31.0 Å². The monoisotopic (exact) mass is 157 g/mol. The van der Waals surface area contributed by atoms with Crippen LogP contribution in [0.15, 0.2) is 15.7 Å². The molecule has 0 saturated carbocycles. The molecule has 0 atom stereocenters. The van der Waals surface area contributed by atoms with Crippen molar-refractivity contribution in [2.24, 2.45) is 7.05 Å². The van der Waals surface area contributed by atoms with Crippen molar-refractivity contribution < 1.29 is 0 Å². The van der Waals surface area contributed by atoms with Crippen LogP contribution in [0, 0.1) is 6.92 Å². The highest BCUT2D eigenvalue weighted by Gasteiger charge is 1.95. The first-order chi connectivity index (χ1) is 4.61. The summed E-state index contributed by atoms with van der Waals surface area (Å²) in [4.78, 5) is 22.2. The zero-order chi connectivity index (χ0) is 7.72. The number of nitrogens with zero attached hydrogens (tertiary/aromatic N) is 1. The lowest BCUT2D eigenvalue weighted by Crippen LogP contribution is -2.27. The highest BCUT2D eigenvalue weighted by molar-refractivity contribution is 7.08. The van der Waals surface area contributed by atoms with Gasteiger partial charge in [0.25, 0.3) is 5.56 Å². The second kappa shape index (κ2) is 2.38. The summed E-state index contributed by atoms with van der Waals surface area (Å²) in [5.74, 6) is 0. The van der Waals surface area contributed by atoms with Crippen LogP contribution in [0.3, 0.4) is 0 Å². The second-order valence-corrected chi connectivity index (χ2v) is 3.22. The van der Waals surface area contributed by atoms with Crippen LogP contribution in [0.1, 0.15) is 4.88 Å². The summed E-state index contributed by atoms with van der Waals surface area (Å²) >= 11 is 1.08. The first kappa shape index (κ1) is 7.21. The Hall–Kier alpha value is -0.900. The van der Waals surface area contributed by atoms with Crippen LogP contribution in [0.25, 0.3) is 0 Å². The molecule has 0 spiro atoms. The Balaban J connectivity index is 3.62. The molecule has 1 aromatic rings. The molecule has 0 radical (unpaired) electrons. The van der Waals surface area contributed by atoms with E-state index in [1.165, 1.54) is 13.1 Å². The Morgan fingerprint density at radius 1 is 1.50 bits per heavy atom. The molecule has 0 aromatic carbocycles. The Morgan fingerprint density at radius 3 is 2.60 bits per heavy atom. The van der Waals surface area contributed by atoms with Gasteiger partial charge in [0.15, 0.2) is 0 Å². The van der Waals surface area contributed by atoms with Crippen molar-refractivity contribution in [1.82, 2.24) is 4.57 Å². The lowest BCUT2D eigenvalue weighted by atomic mass is 10.5. The topological polar surface area (TPSA) is 39.1 Å². The maximum atomic E-state index is 10.8. The van der Waals surface area contributed by atoms with Crippen molar-refractivity contribution in [3.63, 3.8) is 0 Å². The van der Waals surface area contributed by atoms with E-state index < -0.39 is 0 Å². The number of hydrogen-bond acceptors (Lipinski definition) is 3. The fraction of sp³-hybridized carbons (Fsp3) is 0.333. The summed E-state index contributed by atoms with van der Waals surface area (Å²) in [6.07, 6.45) is 0. The summed E-state index contributed by atoms with van der Waals surface area (Å²) in [5, 5.41) is 0. The molecule has 0 aliphatic rings. The Morgan fingerprint density at radius 2 is 2.10 bits per heavy atom. The molecule has 0 aliphatic carbocycles. The second-order valence-electron chi connectivity index (χ2n) is 2.02. The van der Waals surface area contributed by atoms with Gasteiger partial charge in [-0.05, 0) is 6.92 Å². The number of aromatic nitrogens is 1. The fourth-order valence-electron chi connectivity index (χ4n) is 0.596. The highest BCUT2D eigenvalue weighted by atomic mass is 32.1. The predicted octanol–water partition coefficient (Wildman–Crippen LogP) is 0.115. The minimum absolute atomic E-state index is 0.204. The SMILES string of the molecule is Cc1cc(=O)n(C)c(=O)s1. The van der Waals surface area contributed by atoms with Gasteiger partial charge in [-0.1, -0.05) is 11.3 Å². The molecule has 4 heteroatoms. The number of rotatable bonds is 0. The van der Waals surface area contributed by atoms with Gasteiger partial charge in [0, 0.05) is 18.0 Å². The van der Waals surface area contributed by atoms with Gasteiger partial charge in [-0.25, -0.2) is 0 Å². The highest BCUT2D eigenvalue weighted by Crippen LogP contribution is 1.92. The molecule has 0 unspecified atom stereocenters. The normalized spacial score (nSPS) is 9.80. The van der Waals surface area contributed by atoms with Crippen molar-refractivity contribution in [2.75, 3.05) is 0 Å². The van der Waals surface area contributed by atoms with E-state index in [0.717, 1.165) is 20.8 Å².